The first kappa shape index (κ1) is 20.9. The van der Waals surface area contributed by atoms with Gasteiger partial charge in [0.05, 0.1) is 6.54 Å². The number of pyridine rings is 1. The second-order valence-corrected chi connectivity index (χ2v) is 5.72. The van der Waals surface area contributed by atoms with Crippen LogP contribution in [0.15, 0.2) is 28.7 Å². The molecule has 0 radical (unpaired) electrons. The highest BCUT2D eigenvalue weighted by Gasteiger charge is 2.33. The molecule has 0 aromatic carbocycles. The largest absolute Gasteiger partial charge is 0.434 e. The average Bonchev–Trinajstić information content (AvgIpc) is 2.98. The summed E-state index contributed by atoms with van der Waals surface area (Å²) >= 11 is 6.64. The third kappa shape index (κ3) is 6.40. The summed E-state index contributed by atoms with van der Waals surface area (Å²) in [5.74, 6) is 0.448. The molecule has 0 saturated heterocycles. The van der Waals surface area contributed by atoms with E-state index in [1.165, 1.54) is 0 Å². The number of aliphatic imine (C=N–C) groups is 1. The Morgan fingerprint density at radius 3 is 2.54 bits per heavy atom. The number of nitrogens with one attached hydrogen (secondary N) is 2. The number of guanidine groups is 1. The SMILES string of the molecule is CN=C(NCc1ccc(Cl)nc1)NCc1nc(C(F)(F)F)cs1.I. The van der Waals surface area contributed by atoms with Gasteiger partial charge in [-0.3, -0.25) is 4.99 Å². The lowest BCUT2D eigenvalue weighted by molar-refractivity contribution is -0.140. The van der Waals surface area contributed by atoms with Crippen molar-refractivity contribution in [2.75, 3.05) is 7.05 Å². The van der Waals surface area contributed by atoms with Crippen LogP contribution in [0, 0.1) is 0 Å². The van der Waals surface area contributed by atoms with Crippen LogP contribution >= 0.6 is 46.9 Å². The minimum atomic E-state index is -4.42. The first-order valence-corrected chi connectivity index (χ1v) is 7.71. The monoisotopic (exact) mass is 491 g/mol. The van der Waals surface area contributed by atoms with Crippen molar-refractivity contribution in [3.8, 4) is 0 Å². The first-order chi connectivity index (χ1) is 10.9. The van der Waals surface area contributed by atoms with Crippen LogP contribution in [-0.2, 0) is 19.3 Å². The van der Waals surface area contributed by atoms with Gasteiger partial charge in [0, 0.05) is 25.2 Å². The van der Waals surface area contributed by atoms with Crippen LogP contribution in [0.3, 0.4) is 0 Å². The number of alkyl halides is 3. The zero-order valence-corrected chi connectivity index (χ0v) is 16.3. The van der Waals surface area contributed by atoms with E-state index in [-0.39, 0.29) is 30.5 Å². The van der Waals surface area contributed by atoms with Gasteiger partial charge in [0.15, 0.2) is 11.7 Å². The summed E-state index contributed by atoms with van der Waals surface area (Å²) in [6, 6.07) is 3.48. The summed E-state index contributed by atoms with van der Waals surface area (Å²) in [7, 11) is 1.57. The molecule has 0 atom stereocenters. The molecule has 2 aromatic rings. The molecule has 0 aliphatic carbocycles. The average molecular weight is 492 g/mol. The Morgan fingerprint density at radius 2 is 2.00 bits per heavy atom. The molecule has 0 spiro atoms. The number of hydrogen-bond donors (Lipinski definition) is 2. The van der Waals surface area contributed by atoms with Gasteiger partial charge in [-0.1, -0.05) is 17.7 Å². The predicted molar refractivity (Wildman–Crippen MR) is 98.8 cm³/mol. The molecule has 2 N–H and O–H groups in total. The van der Waals surface area contributed by atoms with E-state index in [2.05, 4.69) is 25.6 Å². The molecule has 0 unspecified atom stereocenters. The molecule has 0 amide bonds. The molecule has 0 saturated carbocycles. The highest BCUT2D eigenvalue weighted by Crippen LogP contribution is 2.29. The van der Waals surface area contributed by atoms with Crippen LogP contribution in [0.4, 0.5) is 13.2 Å². The quantitative estimate of drug-likeness (QED) is 0.296. The van der Waals surface area contributed by atoms with Crippen LogP contribution in [-0.4, -0.2) is 23.0 Å². The van der Waals surface area contributed by atoms with Gasteiger partial charge in [-0.05, 0) is 11.6 Å². The number of nitrogens with zero attached hydrogens (tertiary/aromatic N) is 3. The summed E-state index contributed by atoms with van der Waals surface area (Å²) in [6.07, 6.45) is -2.80. The van der Waals surface area contributed by atoms with Crippen LogP contribution < -0.4 is 10.6 Å². The standard InChI is InChI=1S/C13H13ClF3N5S.HI/c1-18-12(20-5-8-2-3-10(14)19-4-8)21-6-11-22-9(7-23-11)13(15,16)17;/h2-4,7H,5-6H2,1H3,(H2,18,20,21);1H. The molecular weight excluding hydrogens is 478 g/mol. The number of aromatic nitrogens is 2. The third-order valence-corrected chi connectivity index (χ3v) is 3.79. The molecule has 0 fully saturated rings. The number of rotatable bonds is 4. The molecule has 24 heavy (non-hydrogen) atoms. The topological polar surface area (TPSA) is 62.2 Å². The predicted octanol–water partition coefficient (Wildman–Crippen LogP) is 3.69. The van der Waals surface area contributed by atoms with Crippen LogP contribution in [0.5, 0.6) is 0 Å². The Labute approximate surface area is 162 Å². The van der Waals surface area contributed by atoms with Crippen LogP contribution in [0.2, 0.25) is 5.15 Å². The van der Waals surface area contributed by atoms with Crippen molar-refractivity contribution in [1.82, 2.24) is 20.6 Å². The van der Waals surface area contributed by atoms with E-state index in [9.17, 15) is 13.2 Å². The summed E-state index contributed by atoms with van der Waals surface area (Å²) in [5.41, 5.74) is 0.0143. The van der Waals surface area contributed by atoms with E-state index in [1.807, 2.05) is 6.07 Å². The molecule has 5 nitrogen and oxygen atoms in total. The molecule has 11 heteroatoms. The van der Waals surface area contributed by atoms with E-state index in [1.54, 1.807) is 19.3 Å². The van der Waals surface area contributed by atoms with Crippen molar-refractivity contribution in [3.05, 3.63) is 45.1 Å². The Hall–Kier alpha value is -1.14. The highest BCUT2D eigenvalue weighted by atomic mass is 127. The summed E-state index contributed by atoms with van der Waals surface area (Å²) in [5, 5.41) is 7.65. The fourth-order valence-corrected chi connectivity index (χ4v) is 2.45. The Morgan fingerprint density at radius 1 is 1.29 bits per heavy atom. The molecule has 0 bridgehead atoms. The highest BCUT2D eigenvalue weighted by molar-refractivity contribution is 14.0. The molecule has 2 heterocycles. The van der Waals surface area contributed by atoms with E-state index in [0.29, 0.717) is 22.7 Å². The zero-order chi connectivity index (χ0) is 16.9. The van der Waals surface area contributed by atoms with Crippen LogP contribution in [0.1, 0.15) is 16.3 Å². The van der Waals surface area contributed by atoms with Crippen molar-refractivity contribution in [2.45, 2.75) is 19.3 Å². The maximum atomic E-state index is 12.5. The molecule has 0 aliphatic rings. The smallest absolute Gasteiger partial charge is 0.352 e. The summed E-state index contributed by atoms with van der Waals surface area (Å²) < 4.78 is 37.4. The van der Waals surface area contributed by atoms with E-state index < -0.39 is 11.9 Å². The van der Waals surface area contributed by atoms with Crippen molar-refractivity contribution >= 4 is 52.9 Å². The van der Waals surface area contributed by atoms with E-state index in [4.69, 9.17) is 11.6 Å². The lowest BCUT2D eigenvalue weighted by Crippen LogP contribution is -2.36. The molecule has 2 aromatic heterocycles. The first-order valence-electron chi connectivity index (χ1n) is 6.45. The van der Waals surface area contributed by atoms with E-state index in [0.717, 1.165) is 22.3 Å². The second-order valence-electron chi connectivity index (χ2n) is 4.39. The van der Waals surface area contributed by atoms with Gasteiger partial charge in [0.2, 0.25) is 0 Å². The lowest BCUT2D eigenvalue weighted by Gasteiger charge is -2.10. The maximum Gasteiger partial charge on any atom is 0.434 e. The zero-order valence-electron chi connectivity index (χ0n) is 12.4. The Balaban J connectivity index is 0.00000288. The molecular formula is C13H14ClF3IN5S. The number of halogens is 5. The maximum absolute atomic E-state index is 12.5. The summed E-state index contributed by atoms with van der Waals surface area (Å²) in [6.45, 7) is 0.606. The van der Waals surface area contributed by atoms with Gasteiger partial charge in [-0.15, -0.1) is 35.3 Å². The molecule has 132 valence electrons. The summed E-state index contributed by atoms with van der Waals surface area (Å²) in [4.78, 5) is 11.5. The minimum absolute atomic E-state index is 0. The Kier molecular flexibility index (Phi) is 8.16. The minimum Gasteiger partial charge on any atom is -0.352 e. The Bertz CT molecular complexity index is 675. The van der Waals surface area contributed by atoms with Gasteiger partial charge in [-0.2, -0.15) is 13.2 Å². The lowest BCUT2D eigenvalue weighted by atomic mass is 10.3. The van der Waals surface area contributed by atoms with Gasteiger partial charge < -0.3 is 10.6 Å². The van der Waals surface area contributed by atoms with Gasteiger partial charge in [0.1, 0.15) is 10.2 Å². The van der Waals surface area contributed by atoms with Gasteiger partial charge in [-0.25, -0.2) is 9.97 Å². The second kappa shape index (κ2) is 9.37. The van der Waals surface area contributed by atoms with Crippen molar-refractivity contribution in [3.63, 3.8) is 0 Å². The normalized spacial score (nSPS) is 11.8. The number of thiazole rings is 1. The van der Waals surface area contributed by atoms with Crippen LogP contribution in [0.25, 0.3) is 0 Å². The third-order valence-electron chi connectivity index (χ3n) is 2.72. The van der Waals surface area contributed by atoms with E-state index >= 15 is 0 Å². The van der Waals surface area contributed by atoms with Gasteiger partial charge >= 0.3 is 6.18 Å². The fourth-order valence-electron chi connectivity index (χ4n) is 1.60. The van der Waals surface area contributed by atoms with Crippen molar-refractivity contribution in [1.29, 1.82) is 0 Å². The van der Waals surface area contributed by atoms with Crippen molar-refractivity contribution < 1.29 is 13.2 Å². The molecule has 0 aliphatic heterocycles. The molecule has 2 rings (SSSR count). The number of hydrogen-bond acceptors (Lipinski definition) is 4. The fraction of sp³-hybridized carbons (Fsp3) is 0.308. The van der Waals surface area contributed by atoms with Crippen molar-refractivity contribution in [2.24, 2.45) is 4.99 Å². The van der Waals surface area contributed by atoms with Gasteiger partial charge in [0.25, 0.3) is 0 Å².